The summed E-state index contributed by atoms with van der Waals surface area (Å²) in [6.07, 6.45) is 5.09. The van der Waals surface area contributed by atoms with Crippen LogP contribution in [0.15, 0.2) is 48.7 Å². The Balaban J connectivity index is 1.82. The minimum atomic E-state index is -0.0753. The predicted octanol–water partition coefficient (Wildman–Crippen LogP) is 4.74. The molecule has 0 saturated carbocycles. The third kappa shape index (κ3) is 2.86. The van der Waals surface area contributed by atoms with Gasteiger partial charge in [0.15, 0.2) is 6.29 Å². The minimum absolute atomic E-state index is 0.0753. The zero-order chi connectivity index (χ0) is 13.8. The summed E-state index contributed by atoms with van der Waals surface area (Å²) >= 11 is 0. The highest BCUT2D eigenvalue weighted by Gasteiger charge is 2.13. The van der Waals surface area contributed by atoms with Crippen molar-refractivity contribution in [1.82, 2.24) is 0 Å². The molecule has 1 atom stereocenters. The van der Waals surface area contributed by atoms with E-state index in [1.165, 1.54) is 22.8 Å². The Labute approximate surface area is 120 Å². The summed E-state index contributed by atoms with van der Waals surface area (Å²) in [5.41, 5.74) is 2.36. The average Bonchev–Trinajstić information content (AvgIpc) is 2.53. The van der Waals surface area contributed by atoms with Crippen LogP contribution in [0.2, 0.25) is 0 Å². The summed E-state index contributed by atoms with van der Waals surface area (Å²) in [6.45, 7) is 2.90. The fourth-order valence-electron chi connectivity index (χ4n) is 2.63. The maximum atomic E-state index is 5.76. The molecule has 2 aromatic rings. The third-order valence-electron chi connectivity index (χ3n) is 3.75. The van der Waals surface area contributed by atoms with Crippen LogP contribution in [0.5, 0.6) is 0 Å². The highest BCUT2D eigenvalue weighted by Crippen LogP contribution is 2.25. The van der Waals surface area contributed by atoms with E-state index in [2.05, 4.69) is 49.4 Å². The first kappa shape index (κ1) is 13.2. The molecule has 1 saturated heterocycles. The number of hydrogen-bond donors (Lipinski definition) is 0. The number of benzene rings is 2. The first-order valence-electron chi connectivity index (χ1n) is 7.26. The summed E-state index contributed by atoms with van der Waals surface area (Å²) < 4.78 is 11.3. The van der Waals surface area contributed by atoms with Crippen LogP contribution in [-0.4, -0.2) is 12.9 Å². The van der Waals surface area contributed by atoms with E-state index in [0.717, 1.165) is 25.0 Å². The van der Waals surface area contributed by atoms with Crippen molar-refractivity contribution in [2.45, 2.75) is 32.5 Å². The van der Waals surface area contributed by atoms with E-state index < -0.39 is 0 Å². The van der Waals surface area contributed by atoms with Crippen LogP contribution in [0.1, 0.15) is 31.7 Å². The second-order valence-electron chi connectivity index (χ2n) is 5.26. The van der Waals surface area contributed by atoms with Crippen molar-refractivity contribution in [1.29, 1.82) is 0 Å². The van der Waals surface area contributed by atoms with Gasteiger partial charge >= 0.3 is 0 Å². The topological polar surface area (TPSA) is 18.5 Å². The largest absolute Gasteiger partial charge is 0.472 e. The fourth-order valence-corrected chi connectivity index (χ4v) is 2.63. The van der Waals surface area contributed by atoms with Gasteiger partial charge in [0.1, 0.15) is 0 Å². The van der Waals surface area contributed by atoms with Crippen molar-refractivity contribution in [3.05, 3.63) is 54.3 Å². The molecule has 0 radical (unpaired) electrons. The van der Waals surface area contributed by atoms with Gasteiger partial charge in [0.05, 0.1) is 12.9 Å². The summed E-state index contributed by atoms with van der Waals surface area (Å²) in [5, 5.41) is 2.52. The van der Waals surface area contributed by atoms with Gasteiger partial charge in [0.25, 0.3) is 0 Å². The average molecular weight is 268 g/mol. The van der Waals surface area contributed by atoms with Crippen LogP contribution in [0.4, 0.5) is 0 Å². The Bertz CT molecular complexity index is 604. The van der Waals surface area contributed by atoms with E-state index in [0.29, 0.717) is 0 Å². The van der Waals surface area contributed by atoms with Crippen molar-refractivity contribution in [2.24, 2.45) is 0 Å². The lowest BCUT2D eigenvalue weighted by Crippen LogP contribution is -2.20. The molecule has 3 rings (SSSR count). The highest BCUT2D eigenvalue weighted by molar-refractivity contribution is 5.93. The quantitative estimate of drug-likeness (QED) is 0.748. The second kappa shape index (κ2) is 6.10. The summed E-state index contributed by atoms with van der Waals surface area (Å²) in [6, 6.07) is 14.8. The van der Waals surface area contributed by atoms with Gasteiger partial charge in [-0.05, 0) is 41.7 Å². The van der Waals surface area contributed by atoms with Gasteiger partial charge in [0, 0.05) is 6.42 Å². The Hall–Kier alpha value is -1.80. The third-order valence-corrected chi connectivity index (χ3v) is 3.75. The number of fused-ring (bicyclic) bond motifs is 1. The van der Waals surface area contributed by atoms with E-state index in [-0.39, 0.29) is 6.29 Å². The molecule has 104 valence electrons. The van der Waals surface area contributed by atoms with Crippen LogP contribution in [-0.2, 0) is 9.47 Å². The molecule has 20 heavy (non-hydrogen) atoms. The summed E-state index contributed by atoms with van der Waals surface area (Å²) in [5.74, 6) is 0. The van der Waals surface area contributed by atoms with Gasteiger partial charge in [-0.2, -0.15) is 0 Å². The predicted molar refractivity (Wildman–Crippen MR) is 82.3 cm³/mol. The number of allylic oxidation sites excluding steroid dienone is 1. The van der Waals surface area contributed by atoms with Crippen molar-refractivity contribution >= 4 is 16.3 Å². The van der Waals surface area contributed by atoms with Crippen LogP contribution in [0.25, 0.3) is 16.3 Å². The lowest BCUT2D eigenvalue weighted by Gasteiger charge is -2.22. The molecule has 2 aromatic carbocycles. The van der Waals surface area contributed by atoms with Gasteiger partial charge in [-0.25, -0.2) is 0 Å². The number of ether oxygens (including phenoxy) is 2. The van der Waals surface area contributed by atoms with E-state index in [1.54, 1.807) is 0 Å². The monoisotopic (exact) mass is 268 g/mol. The molecular formula is C18H20O2. The maximum Gasteiger partial charge on any atom is 0.198 e. The Morgan fingerprint density at radius 1 is 1.15 bits per heavy atom. The van der Waals surface area contributed by atoms with Gasteiger partial charge in [-0.15, -0.1) is 0 Å². The minimum Gasteiger partial charge on any atom is -0.472 e. The summed E-state index contributed by atoms with van der Waals surface area (Å²) in [4.78, 5) is 0. The smallest absolute Gasteiger partial charge is 0.198 e. The molecule has 1 heterocycles. The highest BCUT2D eigenvalue weighted by atomic mass is 16.7. The van der Waals surface area contributed by atoms with Crippen molar-refractivity contribution in [3.63, 3.8) is 0 Å². The number of rotatable bonds is 3. The molecule has 0 bridgehead atoms. The Morgan fingerprint density at radius 3 is 2.85 bits per heavy atom. The van der Waals surface area contributed by atoms with E-state index in [4.69, 9.17) is 9.47 Å². The Morgan fingerprint density at radius 2 is 2.00 bits per heavy atom. The molecule has 0 spiro atoms. The molecule has 0 aliphatic carbocycles. The molecule has 0 amide bonds. The second-order valence-corrected chi connectivity index (χ2v) is 5.26. The van der Waals surface area contributed by atoms with Crippen LogP contribution < -0.4 is 0 Å². The SMILES string of the molecule is C/C(=C\OC1CCCCO1)c1cccc2ccccc12. The standard InChI is InChI=1S/C18H20O2/c1-14(13-20-18-11-4-5-12-19-18)16-10-6-8-15-7-2-3-9-17(15)16/h2-3,6-10,13,18H,4-5,11-12H2,1H3/b14-13+. The maximum absolute atomic E-state index is 5.76. The lowest BCUT2D eigenvalue weighted by molar-refractivity contribution is -0.129. The van der Waals surface area contributed by atoms with E-state index in [1.807, 2.05) is 6.26 Å². The lowest BCUT2D eigenvalue weighted by atomic mass is 10.00. The van der Waals surface area contributed by atoms with Gasteiger partial charge in [0.2, 0.25) is 0 Å². The first-order chi connectivity index (χ1) is 9.84. The molecule has 0 N–H and O–H groups in total. The molecule has 1 aliphatic rings. The van der Waals surface area contributed by atoms with E-state index in [9.17, 15) is 0 Å². The zero-order valence-electron chi connectivity index (χ0n) is 11.8. The summed E-state index contributed by atoms with van der Waals surface area (Å²) in [7, 11) is 0. The molecule has 2 nitrogen and oxygen atoms in total. The molecule has 1 aliphatic heterocycles. The number of hydrogen-bond acceptors (Lipinski definition) is 2. The molecule has 0 aromatic heterocycles. The Kier molecular flexibility index (Phi) is 4.03. The molecule has 1 fully saturated rings. The van der Waals surface area contributed by atoms with Crippen LogP contribution >= 0.6 is 0 Å². The fraction of sp³-hybridized carbons (Fsp3) is 0.333. The van der Waals surface area contributed by atoms with Crippen molar-refractivity contribution in [3.8, 4) is 0 Å². The van der Waals surface area contributed by atoms with E-state index >= 15 is 0 Å². The van der Waals surface area contributed by atoms with Crippen molar-refractivity contribution in [2.75, 3.05) is 6.61 Å². The van der Waals surface area contributed by atoms with Crippen LogP contribution in [0, 0.1) is 0 Å². The van der Waals surface area contributed by atoms with Crippen molar-refractivity contribution < 1.29 is 9.47 Å². The first-order valence-corrected chi connectivity index (χ1v) is 7.26. The molecule has 2 heteroatoms. The van der Waals surface area contributed by atoms with Gasteiger partial charge < -0.3 is 9.47 Å². The molecule has 1 unspecified atom stereocenters. The van der Waals surface area contributed by atoms with Gasteiger partial charge in [-0.3, -0.25) is 0 Å². The van der Waals surface area contributed by atoms with Gasteiger partial charge in [-0.1, -0.05) is 42.5 Å². The molecular weight excluding hydrogens is 248 g/mol. The normalized spacial score (nSPS) is 20.1. The van der Waals surface area contributed by atoms with Crippen LogP contribution in [0.3, 0.4) is 0 Å². The zero-order valence-corrected chi connectivity index (χ0v) is 11.8.